The van der Waals surface area contributed by atoms with Gasteiger partial charge in [0.05, 0.1) is 10.6 Å². The summed E-state index contributed by atoms with van der Waals surface area (Å²) in [4.78, 5) is 11.5. The highest BCUT2D eigenvalue weighted by Crippen LogP contribution is 2.22. The number of ether oxygens (including phenoxy) is 1. The van der Waals surface area contributed by atoms with E-state index in [1.807, 2.05) is 6.07 Å². The molecule has 0 saturated carbocycles. The first kappa shape index (κ1) is 14.1. The van der Waals surface area contributed by atoms with Crippen LogP contribution in [0.2, 0.25) is 5.02 Å². The third-order valence-corrected chi connectivity index (χ3v) is 2.48. The van der Waals surface area contributed by atoms with E-state index < -0.39 is 6.10 Å². The van der Waals surface area contributed by atoms with Crippen molar-refractivity contribution in [2.75, 3.05) is 6.54 Å². The largest absolute Gasteiger partial charge is 0.481 e. The Balaban J connectivity index is 2.67. The number of nitrogens with zero attached hydrogens (tertiary/aromatic N) is 1. The summed E-state index contributed by atoms with van der Waals surface area (Å²) >= 11 is 5.86. The number of benzene rings is 1. The van der Waals surface area contributed by atoms with E-state index in [9.17, 15) is 4.79 Å². The van der Waals surface area contributed by atoms with Crippen LogP contribution < -0.4 is 10.1 Å². The summed E-state index contributed by atoms with van der Waals surface area (Å²) in [6.45, 7) is 5.52. The maximum Gasteiger partial charge on any atom is 0.261 e. The summed E-state index contributed by atoms with van der Waals surface area (Å²) in [5.74, 6) is 0.204. The summed E-state index contributed by atoms with van der Waals surface area (Å²) in [7, 11) is 0. The van der Waals surface area contributed by atoms with Crippen molar-refractivity contribution in [3.63, 3.8) is 0 Å². The zero-order valence-corrected chi connectivity index (χ0v) is 10.7. The minimum Gasteiger partial charge on any atom is -0.481 e. The molecule has 18 heavy (non-hydrogen) atoms. The molecule has 0 aliphatic heterocycles. The smallest absolute Gasteiger partial charge is 0.261 e. The van der Waals surface area contributed by atoms with Gasteiger partial charge in [0.15, 0.2) is 6.10 Å². The topological polar surface area (TPSA) is 62.1 Å². The molecule has 4 nitrogen and oxygen atoms in total. The lowest BCUT2D eigenvalue weighted by Gasteiger charge is -2.14. The Bertz CT molecular complexity index is 494. The maximum absolute atomic E-state index is 11.5. The van der Waals surface area contributed by atoms with E-state index in [1.165, 1.54) is 6.07 Å². The first-order valence-corrected chi connectivity index (χ1v) is 5.71. The average Bonchev–Trinajstić information content (AvgIpc) is 2.36. The number of nitrogens with one attached hydrogen (secondary N) is 1. The van der Waals surface area contributed by atoms with Crippen LogP contribution in [0, 0.1) is 11.3 Å². The van der Waals surface area contributed by atoms with Crippen molar-refractivity contribution in [1.82, 2.24) is 5.32 Å². The molecule has 1 aromatic carbocycles. The Hall–Kier alpha value is -1.99. The molecule has 0 aliphatic rings. The van der Waals surface area contributed by atoms with Gasteiger partial charge in [-0.05, 0) is 19.1 Å². The first-order chi connectivity index (χ1) is 8.58. The molecule has 0 radical (unpaired) electrons. The molecule has 0 heterocycles. The highest BCUT2D eigenvalue weighted by molar-refractivity contribution is 6.31. The van der Waals surface area contributed by atoms with Gasteiger partial charge >= 0.3 is 0 Å². The van der Waals surface area contributed by atoms with E-state index in [0.717, 1.165) is 0 Å². The van der Waals surface area contributed by atoms with Crippen molar-refractivity contribution in [2.45, 2.75) is 13.0 Å². The minimum absolute atomic E-state index is 0.240. The predicted octanol–water partition coefficient (Wildman–Crippen LogP) is 2.28. The van der Waals surface area contributed by atoms with Gasteiger partial charge in [-0.1, -0.05) is 17.7 Å². The van der Waals surface area contributed by atoms with E-state index >= 15 is 0 Å². The normalized spacial score (nSPS) is 11.2. The van der Waals surface area contributed by atoms with E-state index in [0.29, 0.717) is 22.9 Å². The van der Waals surface area contributed by atoms with Crippen LogP contribution in [0.1, 0.15) is 12.5 Å². The molecule has 1 unspecified atom stereocenters. The lowest BCUT2D eigenvalue weighted by molar-refractivity contribution is -0.127. The Labute approximate surface area is 111 Å². The molecule has 0 aromatic heterocycles. The van der Waals surface area contributed by atoms with Gasteiger partial charge in [0.25, 0.3) is 5.91 Å². The number of carbonyl (C=O) groups is 1. The summed E-state index contributed by atoms with van der Waals surface area (Å²) in [5, 5.41) is 11.6. The molecule has 1 amide bonds. The molecule has 94 valence electrons. The number of amides is 1. The summed E-state index contributed by atoms with van der Waals surface area (Å²) in [5.41, 5.74) is 0.368. The molecule has 1 rings (SSSR count). The van der Waals surface area contributed by atoms with Crippen molar-refractivity contribution in [1.29, 1.82) is 5.26 Å². The Morgan fingerprint density at radius 1 is 1.72 bits per heavy atom. The fourth-order valence-corrected chi connectivity index (χ4v) is 1.45. The van der Waals surface area contributed by atoms with Crippen LogP contribution in [-0.2, 0) is 4.79 Å². The van der Waals surface area contributed by atoms with Crippen molar-refractivity contribution < 1.29 is 9.53 Å². The quantitative estimate of drug-likeness (QED) is 0.830. The second kappa shape index (κ2) is 6.67. The van der Waals surface area contributed by atoms with E-state index in [1.54, 1.807) is 25.1 Å². The zero-order chi connectivity index (χ0) is 13.5. The minimum atomic E-state index is -0.644. The van der Waals surface area contributed by atoms with Crippen molar-refractivity contribution >= 4 is 17.5 Å². The highest BCUT2D eigenvalue weighted by atomic mass is 35.5. The molecule has 0 saturated heterocycles. The second-order valence-electron chi connectivity index (χ2n) is 3.55. The lowest BCUT2D eigenvalue weighted by atomic mass is 10.2. The number of carbonyl (C=O) groups excluding carboxylic acids is 1. The van der Waals surface area contributed by atoms with Crippen LogP contribution >= 0.6 is 11.6 Å². The number of nitriles is 1. The van der Waals surface area contributed by atoms with Crippen LogP contribution in [0.4, 0.5) is 0 Å². The SMILES string of the molecule is C=CCNC(=O)C(C)Oc1ccc(C#N)c(Cl)c1. The number of hydrogen-bond donors (Lipinski definition) is 1. The van der Waals surface area contributed by atoms with Crippen LogP contribution in [0.25, 0.3) is 0 Å². The van der Waals surface area contributed by atoms with Crippen LogP contribution in [-0.4, -0.2) is 18.6 Å². The van der Waals surface area contributed by atoms with Crippen molar-refractivity contribution in [3.05, 3.63) is 41.4 Å². The summed E-state index contributed by atoms with van der Waals surface area (Å²) in [6, 6.07) is 6.61. The average molecular weight is 265 g/mol. The zero-order valence-electron chi connectivity index (χ0n) is 9.94. The van der Waals surface area contributed by atoms with E-state index in [4.69, 9.17) is 21.6 Å². The predicted molar refractivity (Wildman–Crippen MR) is 69.5 cm³/mol. The van der Waals surface area contributed by atoms with Crippen LogP contribution in [0.5, 0.6) is 5.75 Å². The third-order valence-electron chi connectivity index (χ3n) is 2.16. The van der Waals surface area contributed by atoms with E-state index in [-0.39, 0.29) is 5.91 Å². The van der Waals surface area contributed by atoms with E-state index in [2.05, 4.69) is 11.9 Å². The Morgan fingerprint density at radius 3 is 3.00 bits per heavy atom. The van der Waals surface area contributed by atoms with Crippen molar-refractivity contribution in [3.8, 4) is 11.8 Å². The molecule has 0 bridgehead atoms. The fourth-order valence-electron chi connectivity index (χ4n) is 1.23. The van der Waals surface area contributed by atoms with Crippen LogP contribution in [0.3, 0.4) is 0 Å². The van der Waals surface area contributed by atoms with Gasteiger partial charge in [-0.3, -0.25) is 4.79 Å². The number of rotatable bonds is 5. The van der Waals surface area contributed by atoms with Gasteiger partial charge in [0.1, 0.15) is 11.8 Å². The lowest BCUT2D eigenvalue weighted by Crippen LogP contribution is -2.36. The number of hydrogen-bond acceptors (Lipinski definition) is 3. The molecule has 5 heteroatoms. The molecule has 1 N–H and O–H groups in total. The molecule has 0 spiro atoms. The second-order valence-corrected chi connectivity index (χ2v) is 3.95. The Kier molecular flexibility index (Phi) is 5.22. The fraction of sp³-hybridized carbons (Fsp3) is 0.231. The standard InChI is InChI=1S/C13H13ClN2O2/c1-3-6-16-13(17)9(2)18-11-5-4-10(8-15)12(14)7-11/h3-5,7,9H,1,6H2,2H3,(H,16,17). The molecule has 0 aliphatic carbocycles. The molecular weight excluding hydrogens is 252 g/mol. The third kappa shape index (κ3) is 3.79. The molecule has 1 atom stereocenters. The Morgan fingerprint density at radius 2 is 2.44 bits per heavy atom. The first-order valence-electron chi connectivity index (χ1n) is 5.33. The summed E-state index contributed by atoms with van der Waals surface area (Å²) < 4.78 is 5.41. The van der Waals surface area contributed by atoms with Crippen molar-refractivity contribution in [2.24, 2.45) is 0 Å². The maximum atomic E-state index is 11.5. The number of halogens is 1. The summed E-state index contributed by atoms with van der Waals surface area (Å²) in [6.07, 6.45) is 0.942. The molecular formula is C13H13ClN2O2. The van der Waals surface area contributed by atoms with Gasteiger partial charge in [0, 0.05) is 12.6 Å². The van der Waals surface area contributed by atoms with Gasteiger partial charge in [-0.25, -0.2) is 0 Å². The molecule has 1 aromatic rings. The van der Waals surface area contributed by atoms with Crippen LogP contribution in [0.15, 0.2) is 30.9 Å². The highest BCUT2D eigenvalue weighted by Gasteiger charge is 2.14. The van der Waals surface area contributed by atoms with Gasteiger partial charge in [0.2, 0.25) is 0 Å². The van der Waals surface area contributed by atoms with Gasteiger partial charge < -0.3 is 10.1 Å². The van der Waals surface area contributed by atoms with Gasteiger partial charge in [-0.2, -0.15) is 5.26 Å². The monoisotopic (exact) mass is 264 g/mol. The van der Waals surface area contributed by atoms with Gasteiger partial charge in [-0.15, -0.1) is 6.58 Å². The molecule has 0 fully saturated rings.